The third kappa shape index (κ3) is 4.79. The molecule has 0 aliphatic carbocycles. The molecule has 4 heteroatoms. The maximum atomic E-state index is 12.3. The third-order valence-corrected chi connectivity index (χ3v) is 4.79. The first-order valence-corrected chi connectivity index (χ1v) is 8.46. The van der Waals surface area contributed by atoms with E-state index in [0.717, 1.165) is 25.2 Å². The van der Waals surface area contributed by atoms with Crippen LogP contribution < -0.4 is 11.1 Å². The minimum absolute atomic E-state index is 0.0415. The zero-order valence-corrected chi connectivity index (χ0v) is 15.1. The van der Waals surface area contributed by atoms with E-state index in [1.165, 1.54) is 5.56 Å². The number of carbonyl (C=O) groups excluding carboxylic acids is 1. The lowest BCUT2D eigenvalue weighted by Crippen LogP contribution is -2.53. The van der Waals surface area contributed by atoms with Gasteiger partial charge in [-0.1, -0.05) is 46.8 Å². The van der Waals surface area contributed by atoms with Crippen LogP contribution in [0.3, 0.4) is 0 Å². The highest BCUT2D eigenvalue weighted by atomic mass is 16.2. The normalized spacial score (nSPS) is 21.9. The highest BCUT2D eigenvalue weighted by molar-refractivity contribution is 5.92. The molecular formula is C19H31N3O. The summed E-state index contributed by atoms with van der Waals surface area (Å²) in [5.74, 6) is 0.0415. The lowest BCUT2D eigenvalue weighted by atomic mass is 9.80. The van der Waals surface area contributed by atoms with Crippen LogP contribution in [0.15, 0.2) is 24.3 Å². The summed E-state index contributed by atoms with van der Waals surface area (Å²) in [6.07, 6.45) is 0.945. The number of anilines is 1. The van der Waals surface area contributed by atoms with Gasteiger partial charge in [0.25, 0.3) is 0 Å². The Morgan fingerprint density at radius 3 is 2.43 bits per heavy atom. The van der Waals surface area contributed by atoms with Crippen molar-refractivity contribution in [2.45, 2.75) is 52.5 Å². The summed E-state index contributed by atoms with van der Waals surface area (Å²) in [6, 6.07) is 8.34. The van der Waals surface area contributed by atoms with Crippen LogP contribution in [0, 0.1) is 5.41 Å². The molecule has 1 aliphatic heterocycles. The Labute approximate surface area is 140 Å². The molecule has 1 saturated heterocycles. The number of amides is 1. The van der Waals surface area contributed by atoms with E-state index >= 15 is 0 Å². The van der Waals surface area contributed by atoms with E-state index in [1.807, 2.05) is 12.1 Å². The van der Waals surface area contributed by atoms with Crippen molar-refractivity contribution in [3.8, 4) is 0 Å². The molecule has 23 heavy (non-hydrogen) atoms. The number of nitrogens with two attached hydrogens (primary N) is 1. The molecule has 1 atom stereocenters. The first kappa shape index (κ1) is 18.0. The van der Waals surface area contributed by atoms with Crippen molar-refractivity contribution in [1.82, 2.24) is 4.90 Å². The first-order valence-electron chi connectivity index (χ1n) is 8.46. The highest BCUT2D eigenvalue weighted by Crippen LogP contribution is 2.27. The zero-order chi connectivity index (χ0) is 17.3. The number of hydrogen-bond donors (Lipinski definition) is 2. The number of rotatable bonds is 3. The van der Waals surface area contributed by atoms with Crippen LogP contribution in [0.2, 0.25) is 0 Å². The zero-order valence-electron chi connectivity index (χ0n) is 15.1. The van der Waals surface area contributed by atoms with Crippen LogP contribution in [-0.2, 0) is 10.2 Å². The lowest BCUT2D eigenvalue weighted by molar-refractivity contribution is -0.118. The lowest BCUT2D eigenvalue weighted by Gasteiger charge is -2.42. The van der Waals surface area contributed by atoms with Gasteiger partial charge < -0.3 is 11.1 Å². The highest BCUT2D eigenvalue weighted by Gasteiger charge is 2.33. The van der Waals surface area contributed by atoms with Crippen LogP contribution in [0.25, 0.3) is 0 Å². The van der Waals surface area contributed by atoms with Gasteiger partial charge in [-0.3, -0.25) is 9.69 Å². The monoisotopic (exact) mass is 317 g/mol. The van der Waals surface area contributed by atoms with E-state index < -0.39 is 0 Å². The summed E-state index contributed by atoms with van der Waals surface area (Å²) in [5.41, 5.74) is 8.46. The van der Waals surface area contributed by atoms with Crippen molar-refractivity contribution in [3.63, 3.8) is 0 Å². The van der Waals surface area contributed by atoms with E-state index in [-0.39, 0.29) is 22.8 Å². The molecule has 1 amide bonds. The average Bonchev–Trinajstić information content (AvgIpc) is 2.42. The molecule has 2 rings (SSSR count). The molecule has 3 N–H and O–H groups in total. The van der Waals surface area contributed by atoms with Crippen molar-refractivity contribution >= 4 is 11.6 Å². The average molecular weight is 317 g/mol. The fraction of sp³-hybridized carbons (Fsp3) is 0.632. The molecule has 0 aromatic heterocycles. The fourth-order valence-electron chi connectivity index (χ4n) is 3.08. The molecule has 128 valence electrons. The van der Waals surface area contributed by atoms with Crippen molar-refractivity contribution in [2.24, 2.45) is 11.1 Å². The standard InChI is InChI=1S/C19H31N3O/c1-18(2,3)14-6-8-15(9-7-14)21-17(23)12-22-11-10-16(20)19(4,5)13-22/h6-9,16H,10-13,20H2,1-5H3,(H,21,23). The third-order valence-electron chi connectivity index (χ3n) is 4.79. The maximum Gasteiger partial charge on any atom is 0.238 e. The first-order chi connectivity index (χ1) is 10.6. The molecule has 1 fully saturated rings. The maximum absolute atomic E-state index is 12.3. The van der Waals surface area contributed by atoms with E-state index in [9.17, 15) is 4.79 Å². The van der Waals surface area contributed by atoms with Crippen LogP contribution in [0.5, 0.6) is 0 Å². The van der Waals surface area contributed by atoms with Crippen LogP contribution >= 0.6 is 0 Å². The molecule has 4 nitrogen and oxygen atoms in total. The van der Waals surface area contributed by atoms with Crippen LogP contribution in [-0.4, -0.2) is 36.5 Å². The molecule has 0 spiro atoms. The molecule has 0 bridgehead atoms. The van der Waals surface area contributed by atoms with Gasteiger partial charge in [0.15, 0.2) is 0 Å². The van der Waals surface area contributed by atoms with Gasteiger partial charge in [-0.25, -0.2) is 0 Å². The summed E-state index contributed by atoms with van der Waals surface area (Å²) in [7, 11) is 0. The van der Waals surface area contributed by atoms with Crippen molar-refractivity contribution in [2.75, 3.05) is 25.0 Å². The number of likely N-dealkylation sites (tertiary alicyclic amines) is 1. The van der Waals surface area contributed by atoms with E-state index in [0.29, 0.717) is 6.54 Å². The number of nitrogens with zero attached hydrogens (tertiary/aromatic N) is 1. The Bertz CT molecular complexity index is 543. The smallest absolute Gasteiger partial charge is 0.238 e. The molecule has 1 unspecified atom stereocenters. The Hall–Kier alpha value is -1.39. The number of hydrogen-bond acceptors (Lipinski definition) is 3. The van der Waals surface area contributed by atoms with Gasteiger partial charge in [0.1, 0.15) is 0 Å². The van der Waals surface area contributed by atoms with Crippen LogP contribution in [0.1, 0.15) is 46.6 Å². The van der Waals surface area contributed by atoms with Gasteiger partial charge in [-0.15, -0.1) is 0 Å². The van der Waals surface area contributed by atoms with Gasteiger partial charge in [-0.2, -0.15) is 0 Å². The second-order valence-corrected chi connectivity index (χ2v) is 8.47. The van der Waals surface area contributed by atoms with Crippen LogP contribution in [0.4, 0.5) is 5.69 Å². The predicted octanol–water partition coefficient (Wildman–Crippen LogP) is 2.98. The fourth-order valence-corrected chi connectivity index (χ4v) is 3.08. The molecule has 0 radical (unpaired) electrons. The van der Waals surface area contributed by atoms with Gasteiger partial charge in [0.2, 0.25) is 5.91 Å². The summed E-state index contributed by atoms with van der Waals surface area (Å²) < 4.78 is 0. The number of nitrogens with one attached hydrogen (secondary N) is 1. The van der Waals surface area contributed by atoms with Crippen molar-refractivity contribution < 1.29 is 4.79 Å². The second-order valence-electron chi connectivity index (χ2n) is 8.47. The van der Waals surface area contributed by atoms with E-state index in [4.69, 9.17) is 5.73 Å². The number of piperidine rings is 1. The molecule has 1 aliphatic rings. The minimum Gasteiger partial charge on any atom is -0.327 e. The van der Waals surface area contributed by atoms with Gasteiger partial charge in [0, 0.05) is 24.8 Å². The molecule has 1 aromatic rings. The molecule has 1 aromatic carbocycles. The number of carbonyl (C=O) groups is 1. The Morgan fingerprint density at radius 2 is 1.91 bits per heavy atom. The summed E-state index contributed by atoms with van der Waals surface area (Å²) in [6.45, 7) is 13.1. The molecular weight excluding hydrogens is 286 g/mol. The quantitative estimate of drug-likeness (QED) is 0.901. The van der Waals surface area contributed by atoms with E-state index in [1.54, 1.807) is 0 Å². The summed E-state index contributed by atoms with van der Waals surface area (Å²) >= 11 is 0. The summed E-state index contributed by atoms with van der Waals surface area (Å²) in [4.78, 5) is 14.5. The summed E-state index contributed by atoms with van der Waals surface area (Å²) in [5, 5.41) is 2.99. The molecule has 0 saturated carbocycles. The Balaban J connectivity index is 1.90. The molecule has 1 heterocycles. The number of benzene rings is 1. The van der Waals surface area contributed by atoms with Gasteiger partial charge in [-0.05, 0) is 34.9 Å². The van der Waals surface area contributed by atoms with E-state index in [2.05, 4.69) is 57.0 Å². The van der Waals surface area contributed by atoms with Gasteiger partial charge in [0.05, 0.1) is 6.54 Å². The Kier molecular flexibility index (Phi) is 5.17. The van der Waals surface area contributed by atoms with Crippen molar-refractivity contribution in [3.05, 3.63) is 29.8 Å². The SMILES string of the molecule is CC(C)(C)c1ccc(NC(=O)CN2CCC(N)C(C)(C)C2)cc1. The second kappa shape index (κ2) is 6.62. The largest absolute Gasteiger partial charge is 0.327 e. The Morgan fingerprint density at radius 1 is 1.30 bits per heavy atom. The van der Waals surface area contributed by atoms with Gasteiger partial charge >= 0.3 is 0 Å². The predicted molar refractivity (Wildman–Crippen MR) is 96.6 cm³/mol. The van der Waals surface area contributed by atoms with Crippen molar-refractivity contribution in [1.29, 1.82) is 0 Å². The minimum atomic E-state index is 0.0415. The topological polar surface area (TPSA) is 58.4 Å².